The number of nitrogens with one attached hydrogen (secondary N) is 1. The average Bonchev–Trinajstić information content (AvgIpc) is 2.46. The Kier molecular flexibility index (Phi) is 5.96. The predicted octanol–water partition coefficient (Wildman–Crippen LogP) is 3.10. The van der Waals surface area contributed by atoms with Crippen LogP contribution in [-0.4, -0.2) is 41.4 Å². The smallest absolute Gasteiger partial charge is 0.270 e. The Morgan fingerprint density at radius 1 is 1.57 bits per heavy atom. The molecule has 7 heteroatoms. The first kappa shape index (κ1) is 17.7. The lowest BCUT2D eigenvalue weighted by Crippen LogP contribution is -2.45. The fraction of sp³-hybridized carbons (Fsp3) is 0.562. The molecule has 1 saturated heterocycles. The van der Waals surface area contributed by atoms with Gasteiger partial charge < -0.3 is 10.2 Å². The van der Waals surface area contributed by atoms with Crippen molar-refractivity contribution in [3.8, 4) is 0 Å². The summed E-state index contributed by atoms with van der Waals surface area (Å²) in [5.74, 6) is 0.387. The molecule has 23 heavy (non-hydrogen) atoms. The number of rotatable bonds is 5. The molecule has 0 aliphatic carbocycles. The lowest BCUT2D eigenvalue weighted by Gasteiger charge is -2.32. The fourth-order valence-corrected chi connectivity index (χ4v) is 3.25. The van der Waals surface area contributed by atoms with Gasteiger partial charge in [0.25, 0.3) is 11.6 Å². The van der Waals surface area contributed by atoms with Crippen molar-refractivity contribution in [3.63, 3.8) is 0 Å². The number of carbonyl (C=O) groups is 1. The first-order valence-electron chi connectivity index (χ1n) is 7.84. The van der Waals surface area contributed by atoms with E-state index in [4.69, 9.17) is 11.6 Å². The van der Waals surface area contributed by atoms with Crippen LogP contribution >= 0.6 is 11.6 Å². The molecule has 1 heterocycles. The number of nitro groups is 1. The second-order valence-electron chi connectivity index (χ2n) is 6.30. The molecule has 2 atom stereocenters. The zero-order chi connectivity index (χ0) is 17.0. The maximum Gasteiger partial charge on any atom is 0.270 e. The summed E-state index contributed by atoms with van der Waals surface area (Å²) in [6, 6.07) is 3.87. The second-order valence-corrected chi connectivity index (χ2v) is 6.71. The molecule has 1 N–H and O–H groups in total. The van der Waals surface area contributed by atoms with Gasteiger partial charge in [-0.25, -0.2) is 0 Å². The van der Waals surface area contributed by atoms with E-state index in [2.05, 4.69) is 17.1 Å². The van der Waals surface area contributed by atoms with E-state index in [1.165, 1.54) is 31.0 Å². The van der Waals surface area contributed by atoms with Crippen molar-refractivity contribution in [1.29, 1.82) is 0 Å². The molecule has 2 unspecified atom stereocenters. The Morgan fingerprint density at radius 3 is 2.91 bits per heavy atom. The summed E-state index contributed by atoms with van der Waals surface area (Å²) in [7, 11) is 0. The van der Waals surface area contributed by atoms with Crippen LogP contribution in [-0.2, 0) is 0 Å². The summed E-state index contributed by atoms with van der Waals surface area (Å²) < 4.78 is 0. The predicted molar refractivity (Wildman–Crippen MR) is 89.9 cm³/mol. The molecular weight excluding hydrogens is 318 g/mol. The van der Waals surface area contributed by atoms with Crippen LogP contribution in [0.1, 0.15) is 37.0 Å². The van der Waals surface area contributed by atoms with E-state index >= 15 is 0 Å². The third kappa shape index (κ3) is 4.91. The second kappa shape index (κ2) is 7.75. The highest BCUT2D eigenvalue weighted by atomic mass is 35.5. The van der Waals surface area contributed by atoms with Crippen LogP contribution in [0.15, 0.2) is 18.2 Å². The van der Waals surface area contributed by atoms with Crippen molar-refractivity contribution in [2.24, 2.45) is 5.92 Å². The Bertz CT molecular complexity index is 594. The zero-order valence-electron chi connectivity index (χ0n) is 13.4. The third-order valence-electron chi connectivity index (χ3n) is 4.06. The van der Waals surface area contributed by atoms with Gasteiger partial charge in [-0.1, -0.05) is 18.5 Å². The SMILES string of the molecule is CC1CCCN(CC(C)NC(=O)c2ccc([N+](=O)[O-])cc2Cl)C1. The molecule has 1 aliphatic rings. The highest BCUT2D eigenvalue weighted by Crippen LogP contribution is 2.22. The summed E-state index contributed by atoms with van der Waals surface area (Å²) in [6.45, 7) is 7.10. The first-order valence-corrected chi connectivity index (χ1v) is 8.21. The van der Waals surface area contributed by atoms with Crippen molar-refractivity contribution < 1.29 is 9.72 Å². The highest BCUT2D eigenvalue weighted by Gasteiger charge is 2.20. The molecule has 2 rings (SSSR count). The Labute approximate surface area is 141 Å². The van der Waals surface area contributed by atoms with Gasteiger partial charge in [0.05, 0.1) is 15.5 Å². The van der Waals surface area contributed by atoms with Gasteiger partial charge in [0.15, 0.2) is 0 Å². The molecule has 126 valence electrons. The number of nitrogens with zero attached hydrogens (tertiary/aromatic N) is 2. The van der Waals surface area contributed by atoms with Gasteiger partial charge in [0.1, 0.15) is 0 Å². The van der Waals surface area contributed by atoms with Crippen LogP contribution in [0, 0.1) is 16.0 Å². The monoisotopic (exact) mass is 339 g/mol. The highest BCUT2D eigenvalue weighted by molar-refractivity contribution is 6.34. The van der Waals surface area contributed by atoms with Crippen LogP contribution in [0.5, 0.6) is 0 Å². The Morgan fingerprint density at radius 2 is 2.30 bits per heavy atom. The number of piperidine rings is 1. The van der Waals surface area contributed by atoms with Crippen molar-refractivity contribution in [1.82, 2.24) is 10.2 Å². The van der Waals surface area contributed by atoms with E-state index in [1.54, 1.807) is 0 Å². The largest absolute Gasteiger partial charge is 0.348 e. The molecule has 1 aromatic carbocycles. The molecule has 0 spiro atoms. The number of non-ortho nitro benzene ring substituents is 1. The zero-order valence-corrected chi connectivity index (χ0v) is 14.2. The molecule has 0 bridgehead atoms. The Hall–Kier alpha value is -1.66. The lowest BCUT2D eigenvalue weighted by molar-refractivity contribution is -0.384. The number of likely N-dealkylation sites (tertiary alicyclic amines) is 1. The summed E-state index contributed by atoms with van der Waals surface area (Å²) in [6.07, 6.45) is 2.45. The molecular formula is C16H22ClN3O3. The minimum absolute atomic E-state index is 0.0148. The van der Waals surface area contributed by atoms with Gasteiger partial charge in [-0.3, -0.25) is 14.9 Å². The van der Waals surface area contributed by atoms with Crippen LogP contribution in [0.25, 0.3) is 0 Å². The van der Waals surface area contributed by atoms with Crippen molar-refractivity contribution >= 4 is 23.2 Å². The molecule has 1 fully saturated rings. The average molecular weight is 340 g/mol. The van der Waals surface area contributed by atoms with Gasteiger partial charge in [-0.2, -0.15) is 0 Å². The van der Waals surface area contributed by atoms with Crippen LogP contribution < -0.4 is 5.32 Å². The number of nitro benzene ring substituents is 1. The molecule has 0 radical (unpaired) electrons. The normalized spacial score (nSPS) is 20.0. The van der Waals surface area contributed by atoms with Crippen LogP contribution in [0.3, 0.4) is 0 Å². The number of amides is 1. The lowest BCUT2D eigenvalue weighted by atomic mass is 10.00. The third-order valence-corrected chi connectivity index (χ3v) is 4.37. The topological polar surface area (TPSA) is 75.5 Å². The number of hydrogen-bond acceptors (Lipinski definition) is 4. The van der Waals surface area contributed by atoms with E-state index in [0.717, 1.165) is 19.6 Å². The molecule has 1 aromatic rings. The van der Waals surface area contributed by atoms with E-state index in [0.29, 0.717) is 5.92 Å². The summed E-state index contributed by atoms with van der Waals surface area (Å²) >= 11 is 5.99. The Balaban J connectivity index is 1.94. The van der Waals surface area contributed by atoms with E-state index < -0.39 is 4.92 Å². The molecule has 0 aromatic heterocycles. The number of carbonyl (C=O) groups excluding carboxylic acids is 1. The summed E-state index contributed by atoms with van der Waals surface area (Å²) in [5, 5.41) is 13.7. The first-order chi connectivity index (χ1) is 10.9. The van der Waals surface area contributed by atoms with Crippen LogP contribution in [0.4, 0.5) is 5.69 Å². The fourth-order valence-electron chi connectivity index (χ4n) is 2.99. The minimum atomic E-state index is -0.534. The number of benzene rings is 1. The molecule has 1 amide bonds. The van der Waals surface area contributed by atoms with E-state index in [1.807, 2.05) is 6.92 Å². The van der Waals surface area contributed by atoms with Gasteiger partial charge in [-0.15, -0.1) is 0 Å². The molecule has 0 saturated carbocycles. The van der Waals surface area contributed by atoms with Crippen molar-refractivity contribution in [3.05, 3.63) is 38.9 Å². The van der Waals surface area contributed by atoms with Gasteiger partial charge >= 0.3 is 0 Å². The van der Waals surface area contributed by atoms with E-state index in [9.17, 15) is 14.9 Å². The van der Waals surface area contributed by atoms with E-state index in [-0.39, 0.29) is 28.2 Å². The number of hydrogen-bond donors (Lipinski definition) is 1. The molecule has 6 nitrogen and oxygen atoms in total. The molecule has 1 aliphatic heterocycles. The van der Waals surface area contributed by atoms with Crippen molar-refractivity contribution in [2.75, 3.05) is 19.6 Å². The van der Waals surface area contributed by atoms with Gasteiger partial charge in [0, 0.05) is 31.3 Å². The quantitative estimate of drug-likeness (QED) is 0.660. The maximum absolute atomic E-state index is 12.3. The van der Waals surface area contributed by atoms with Gasteiger partial charge in [0.2, 0.25) is 0 Å². The number of halogens is 1. The standard InChI is InChI=1S/C16H22ClN3O3/c1-11-4-3-7-19(9-11)10-12(2)18-16(21)14-6-5-13(20(22)23)8-15(14)17/h5-6,8,11-12H,3-4,7,9-10H2,1-2H3,(H,18,21). The summed E-state index contributed by atoms with van der Waals surface area (Å²) in [4.78, 5) is 24.8. The van der Waals surface area contributed by atoms with Crippen LogP contribution in [0.2, 0.25) is 5.02 Å². The van der Waals surface area contributed by atoms with Gasteiger partial charge in [-0.05, 0) is 38.3 Å². The minimum Gasteiger partial charge on any atom is -0.348 e. The van der Waals surface area contributed by atoms with Crippen molar-refractivity contribution in [2.45, 2.75) is 32.7 Å². The maximum atomic E-state index is 12.3. The summed E-state index contributed by atoms with van der Waals surface area (Å²) in [5.41, 5.74) is 0.137.